The Morgan fingerprint density at radius 1 is 1.29 bits per heavy atom. The van der Waals surface area contributed by atoms with Crippen LogP contribution in [0.5, 0.6) is 0 Å². The third-order valence-electron chi connectivity index (χ3n) is 3.35. The number of nitrogens with one attached hydrogen (secondary N) is 1. The summed E-state index contributed by atoms with van der Waals surface area (Å²) in [6.07, 6.45) is 0.868. The molecule has 1 fully saturated rings. The lowest BCUT2D eigenvalue weighted by Gasteiger charge is -2.35. The van der Waals surface area contributed by atoms with Crippen molar-refractivity contribution in [2.24, 2.45) is 0 Å². The standard InChI is InChI=1S/C12H13Cl3FNO3S/c13-7-12(3-5-20-6-4-12)17-21(18,19)9-2-1-8(14)11(16)10(9)15/h1-2,17H,3-7H2. The summed E-state index contributed by atoms with van der Waals surface area (Å²) < 4.78 is 46.3. The van der Waals surface area contributed by atoms with Gasteiger partial charge in [0.15, 0.2) is 5.82 Å². The highest BCUT2D eigenvalue weighted by Crippen LogP contribution is 2.31. The molecule has 21 heavy (non-hydrogen) atoms. The van der Waals surface area contributed by atoms with Gasteiger partial charge in [-0.15, -0.1) is 11.6 Å². The van der Waals surface area contributed by atoms with E-state index in [2.05, 4.69) is 4.72 Å². The van der Waals surface area contributed by atoms with Crippen LogP contribution >= 0.6 is 34.8 Å². The van der Waals surface area contributed by atoms with E-state index >= 15 is 0 Å². The summed E-state index contributed by atoms with van der Waals surface area (Å²) in [5, 5.41) is -0.774. The van der Waals surface area contributed by atoms with Gasteiger partial charge in [0.1, 0.15) is 4.90 Å². The first-order valence-electron chi connectivity index (χ1n) is 6.12. The molecule has 1 aromatic rings. The van der Waals surface area contributed by atoms with Gasteiger partial charge in [-0.3, -0.25) is 0 Å². The predicted octanol–water partition coefficient (Wildman–Crippen LogP) is 3.20. The van der Waals surface area contributed by atoms with Gasteiger partial charge in [-0.1, -0.05) is 23.2 Å². The minimum Gasteiger partial charge on any atom is -0.381 e. The van der Waals surface area contributed by atoms with Crippen LogP contribution in [0, 0.1) is 5.82 Å². The number of benzene rings is 1. The molecule has 1 aromatic carbocycles. The van der Waals surface area contributed by atoms with Crippen LogP contribution in [0.4, 0.5) is 4.39 Å². The molecule has 1 N–H and O–H groups in total. The Labute approximate surface area is 137 Å². The quantitative estimate of drug-likeness (QED) is 0.648. The number of hydrogen-bond donors (Lipinski definition) is 1. The minimum absolute atomic E-state index is 0.0866. The van der Waals surface area contributed by atoms with Gasteiger partial charge in [0.05, 0.1) is 15.6 Å². The third-order valence-corrected chi connectivity index (χ3v) is 6.25. The summed E-state index contributed by atoms with van der Waals surface area (Å²) in [7, 11) is -4.02. The van der Waals surface area contributed by atoms with E-state index in [-0.39, 0.29) is 15.8 Å². The summed E-state index contributed by atoms with van der Waals surface area (Å²) in [5.74, 6) is -0.878. The van der Waals surface area contributed by atoms with Gasteiger partial charge in [0.2, 0.25) is 10.0 Å². The Hall–Kier alpha value is -0.110. The molecular weight excluding hydrogens is 364 g/mol. The molecular formula is C12H13Cl3FNO3S. The van der Waals surface area contributed by atoms with Crippen molar-refractivity contribution >= 4 is 44.8 Å². The highest BCUT2D eigenvalue weighted by atomic mass is 35.5. The third kappa shape index (κ3) is 3.63. The molecule has 0 bridgehead atoms. The van der Waals surface area contributed by atoms with Crippen molar-refractivity contribution in [1.82, 2.24) is 4.72 Å². The lowest BCUT2D eigenvalue weighted by Crippen LogP contribution is -2.53. The summed E-state index contributed by atoms with van der Waals surface area (Å²) in [5.41, 5.74) is -0.821. The van der Waals surface area contributed by atoms with E-state index in [0.717, 1.165) is 12.1 Å². The van der Waals surface area contributed by atoms with Crippen LogP contribution in [0.25, 0.3) is 0 Å². The monoisotopic (exact) mass is 375 g/mol. The summed E-state index contributed by atoms with van der Waals surface area (Å²) in [6.45, 7) is 0.801. The fourth-order valence-corrected chi connectivity index (χ4v) is 4.70. The minimum atomic E-state index is -4.02. The van der Waals surface area contributed by atoms with Crippen molar-refractivity contribution in [3.8, 4) is 0 Å². The number of rotatable bonds is 4. The first-order valence-corrected chi connectivity index (χ1v) is 8.90. The zero-order valence-corrected chi connectivity index (χ0v) is 13.9. The SMILES string of the molecule is O=S(=O)(NC1(CCl)CCOCC1)c1ccc(Cl)c(F)c1Cl. The van der Waals surface area contributed by atoms with E-state index in [9.17, 15) is 12.8 Å². The number of halogens is 4. The van der Waals surface area contributed by atoms with E-state index in [0.29, 0.717) is 26.1 Å². The van der Waals surface area contributed by atoms with Crippen molar-refractivity contribution in [2.75, 3.05) is 19.1 Å². The second-order valence-corrected chi connectivity index (χ2v) is 7.51. The van der Waals surface area contributed by atoms with Crippen molar-refractivity contribution in [1.29, 1.82) is 0 Å². The van der Waals surface area contributed by atoms with E-state index in [1.807, 2.05) is 0 Å². The Kier molecular flexibility index (Phi) is 5.39. The molecule has 0 aromatic heterocycles. The van der Waals surface area contributed by atoms with Crippen LogP contribution < -0.4 is 4.72 Å². The maximum atomic E-state index is 13.7. The van der Waals surface area contributed by atoms with Gasteiger partial charge < -0.3 is 4.74 Å². The van der Waals surface area contributed by atoms with E-state index in [1.54, 1.807) is 0 Å². The fraction of sp³-hybridized carbons (Fsp3) is 0.500. The second-order valence-electron chi connectivity index (χ2n) is 4.81. The van der Waals surface area contributed by atoms with E-state index in [1.165, 1.54) is 0 Å². The molecule has 1 aliphatic heterocycles. The van der Waals surface area contributed by atoms with Gasteiger partial charge in [-0.2, -0.15) is 0 Å². The molecule has 9 heteroatoms. The highest BCUT2D eigenvalue weighted by molar-refractivity contribution is 7.89. The lowest BCUT2D eigenvalue weighted by atomic mass is 9.94. The lowest BCUT2D eigenvalue weighted by molar-refractivity contribution is 0.0549. The zero-order chi connectivity index (χ0) is 15.7. The van der Waals surface area contributed by atoms with Crippen LogP contribution in [0.15, 0.2) is 17.0 Å². The van der Waals surface area contributed by atoms with Crippen LogP contribution in [0.3, 0.4) is 0 Å². The average molecular weight is 377 g/mol. The van der Waals surface area contributed by atoms with Crippen molar-refractivity contribution in [2.45, 2.75) is 23.3 Å². The van der Waals surface area contributed by atoms with E-state index in [4.69, 9.17) is 39.5 Å². The zero-order valence-electron chi connectivity index (χ0n) is 10.8. The van der Waals surface area contributed by atoms with Crippen LogP contribution in [-0.2, 0) is 14.8 Å². The summed E-state index contributed by atoms with van der Waals surface area (Å²) in [6, 6.07) is 2.31. The summed E-state index contributed by atoms with van der Waals surface area (Å²) >= 11 is 17.2. The smallest absolute Gasteiger partial charge is 0.242 e. The van der Waals surface area contributed by atoms with Crippen LogP contribution in [0.1, 0.15) is 12.8 Å². The Bertz CT molecular complexity index is 633. The Balaban J connectivity index is 2.36. The molecule has 0 radical (unpaired) electrons. The molecule has 4 nitrogen and oxygen atoms in total. The highest BCUT2D eigenvalue weighted by Gasteiger charge is 2.37. The molecule has 1 heterocycles. The maximum Gasteiger partial charge on any atom is 0.242 e. The second kappa shape index (κ2) is 6.56. The maximum absolute atomic E-state index is 13.7. The molecule has 1 aliphatic rings. The molecule has 0 aliphatic carbocycles. The topological polar surface area (TPSA) is 55.4 Å². The number of sulfonamides is 1. The van der Waals surface area contributed by atoms with Crippen molar-refractivity contribution in [3.63, 3.8) is 0 Å². The largest absolute Gasteiger partial charge is 0.381 e. The number of ether oxygens (including phenoxy) is 1. The van der Waals surface area contributed by atoms with E-state index < -0.39 is 26.4 Å². The Morgan fingerprint density at radius 3 is 2.48 bits per heavy atom. The number of alkyl halides is 1. The average Bonchev–Trinajstić information content (AvgIpc) is 2.45. The van der Waals surface area contributed by atoms with Crippen LogP contribution in [0.2, 0.25) is 10.0 Å². The normalized spacial score (nSPS) is 18.7. The number of hydrogen-bond acceptors (Lipinski definition) is 3. The molecule has 118 valence electrons. The van der Waals surface area contributed by atoms with Gasteiger partial charge in [-0.25, -0.2) is 17.5 Å². The van der Waals surface area contributed by atoms with Gasteiger partial charge in [-0.05, 0) is 25.0 Å². The molecule has 0 saturated carbocycles. The summed E-state index contributed by atoms with van der Waals surface area (Å²) in [4.78, 5) is -0.359. The molecule has 0 spiro atoms. The first-order chi connectivity index (χ1) is 9.81. The fourth-order valence-electron chi connectivity index (χ4n) is 2.08. The molecule has 0 unspecified atom stereocenters. The van der Waals surface area contributed by atoms with Gasteiger partial charge in [0.25, 0.3) is 0 Å². The molecule has 2 rings (SSSR count). The van der Waals surface area contributed by atoms with Gasteiger partial charge in [0, 0.05) is 19.1 Å². The molecule has 0 atom stereocenters. The first kappa shape index (κ1) is 17.2. The van der Waals surface area contributed by atoms with Crippen molar-refractivity contribution in [3.05, 3.63) is 28.0 Å². The van der Waals surface area contributed by atoms with Gasteiger partial charge >= 0.3 is 0 Å². The molecule has 1 saturated heterocycles. The van der Waals surface area contributed by atoms with Crippen LogP contribution in [-0.4, -0.2) is 33.1 Å². The predicted molar refractivity (Wildman–Crippen MR) is 80.2 cm³/mol. The van der Waals surface area contributed by atoms with Crippen molar-refractivity contribution < 1.29 is 17.5 Å². The Morgan fingerprint density at radius 2 is 1.90 bits per heavy atom. The molecule has 0 amide bonds.